The van der Waals surface area contributed by atoms with E-state index in [1.54, 1.807) is 0 Å². The molecule has 1 rings (SSSR count). The van der Waals surface area contributed by atoms with Gasteiger partial charge in [-0.1, -0.05) is 12.1 Å². The first kappa shape index (κ1) is 31.2. The number of carbonyl (C=O) groups excluding carboxylic acids is 4. The molecule has 0 aliphatic heterocycles. The maximum atomic E-state index is 13.1. The van der Waals surface area contributed by atoms with Gasteiger partial charge in [-0.25, -0.2) is 4.79 Å². The highest BCUT2D eigenvalue weighted by Crippen LogP contribution is 2.12. The molecule has 0 fully saturated rings. The van der Waals surface area contributed by atoms with Gasteiger partial charge in [-0.2, -0.15) is 12.6 Å². The predicted octanol–water partition coefficient (Wildman–Crippen LogP) is -2.14. The minimum Gasteiger partial charge on any atom is -0.508 e. The molecule has 0 aliphatic carbocycles. The summed E-state index contributed by atoms with van der Waals surface area (Å²) in [6.07, 6.45) is -1.26. The topological polar surface area (TPSA) is 251 Å². The number of nitrogens with one attached hydrogen (secondary N) is 3. The number of hydrogen-bond acceptors (Lipinski definition) is 9. The Morgan fingerprint density at radius 1 is 0.811 bits per heavy atom. The highest BCUT2D eigenvalue weighted by atomic mass is 32.1. The van der Waals surface area contributed by atoms with Crippen LogP contribution in [0, 0.1) is 0 Å². The number of thiol groups is 1. The Bertz CT molecular complexity index is 989. The average Bonchev–Trinajstić information content (AvgIpc) is 2.83. The van der Waals surface area contributed by atoms with E-state index in [9.17, 15) is 33.9 Å². The van der Waals surface area contributed by atoms with Crippen molar-refractivity contribution in [3.8, 4) is 5.75 Å². The Hall–Kier alpha value is -3.85. The molecule has 37 heavy (non-hydrogen) atoms. The van der Waals surface area contributed by atoms with Crippen LogP contribution in [-0.2, 0) is 35.2 Å². The molecule has 14 nitrogen and oxygen atoms in total. The number of aromatic hydroxyl groups is 1. The van der Waals surface area contributed by atoms with Gasteiger partial charge in [0, 0.05) is 25.0 Å². The third-order valence-corrected chi connectivity index (χ3v) is 5.49. The summed E-state index contributed by atoms with van der Waals surface area (Å²) in [4.78, 5) is 71.7. The molecule has 15 heteroatoms. The van der Waals surface area contributed by atoms with Gasteiger partial charge in [0.05, 0.1) is 6.04 Å². The summed E-state index contributed by atoms with van der Waals surface area (Å²) in [6.45, 7) is 0. The first-order chi connectivity index (χ1) is 17.3. The second-order valence-corrected chi connectivity index (χ2v) is 8.48. The van der Waals surface area contributed by atoms with Crippen LogP contribution >= 0.6 is 12.6 Å². The van der Waals surface area contributed by atoms with Crippen LogP contribution in [-0.4, -0.2) is 80.8 Å². The Morgan fingerprint density at radius 3 is 1.86 bits per heavy atom. The summed E-state index contributed by atoms with van der Waals surface area (Å²) < 4.78 is 0. The monoisotopic (exact) mass is 541 g/mol. The van der Waals surface area contributed by atoms with Gasteiger partial charge in [0.1, 0.15) is 23.9 Å². The molecular weight excluding hydrogens is 510 g/mol. The van der Waals surface area contributed by atoms with Crippen molar-refractivity contribution >= 4 is 48.2 Å². The fraction of sp³-hybridized carbons (Fsp3) is 0.455. The zero-order valence-electron chi connectivity index (χ0n) is 19.8. The number of carboxylic acids is 2. The van der Waals surface area contributed by atoms with Crippen LogP contribution in [0.1, 0.15) is 31.2 Å². The number of aliphatic carboxylic acids is 2. The van der Waals surface area contributed by atoms with Crippen LogP contribution in [0.15, 0.2) is 24.3 Å². The molecule has 0 heterocycles. The van der Waals surface area contributed by atoms with Crippen LogP contribution in [0.2, 0.25) is 0 Å². The lowest BCUT2D eigenvalue weighted by molar-refractivity contribution is -0.142. The molecular formula is C22H31N5O9S. The lowest BCUT2D eigenvalue weighted by Gasteiger charge is -2.25. The Morgan fingerprint density at radius 2 is 1.35 bits per heavy atom. The number of carboxylic acid groups (broad SMARTS) is 2. The van der Waals surface area contributed by atoms with Crippen molar-refractivity contribution in [3.63, 3.8) is 0 Å². The van der Waals surface area contributed by atoms with Crippen molar-refractivity contribution in [1.82, 2.24) is 16.0 Å². The van der Waals surface area contributed by atoms with E-state index in [2.05, 4.69) is 28.6 Å². The fourth-order valence-corrected chi connectivity index (χ4v) is 3.30. The van der Waals surface area contributed by atoms with E-state index >= 15 is 0 Å². The van der Waals surface area contributed by atoms with Gasteiger partial charge >= 0.3 is 11.9 Å². The third kappa shape index (κ3) is 11.6. The minimum absolute atomic E-state index is 0.0372. The molecule has 0 radical (unpaired) electrons. The van der Waals surface area contributed by atoms with Gasteiger partial charge in [-0.15, -0.1) is 0 Å². The summed E-state index contributed by atoms with van der Waals surface area (Å²) in [6, 6.07) is 0.372. The lowest BCUT2D eigenvalue weighted by Crippen LogP contribution is -2.57. The van der Waals surface area contributed by atoms with Crippen molar-refractivity contribution in [3.05, 3.63) is 29.8 Å². The molecule has 0 aliphatic rings. The minimum atomic E-state index is -1.45. The highest BCUT2D eigenvalue weighted by molar-refractivity contribution is 7.80. The maximum Gasteiger partial charge on any atom is 0.327 e. The Balaban J connectivity index is 3.13. The van der Waals surface area contributed by atoms with Crippen molar-refractivity contribution in [2.45, 2.75) is 56.3 Å². The summed E-state index contributed by atoms with van der Waals surface area (Å²) in [7, 11) is 0. The highest BCUT2D eigenvalue weighted by Gasteiger charge is 2.30. The number of phenolic OH excluding ortho intramolecular Hbond substituents is 1. The second-order valence-electron chi connectivity index (χ2n) is 8.12. The number of benzene rings is 1. The van der Waals surface area contributed by atoms with Crippen LogP contribution in [0.3, 0.4) is 0 Å². The number of nitrogens with two attached hydrogens (primary N) is 2. The Kier molecular flexibility index (Phi) is 12.9. The van der Waals surface area contributed by atoms with E-state index in [4.69, 9.17) is 21.7 Å². The molecule has 1 aromatic rings. The molecule has 4 unspecified atom stereocenters. The van der Waals surface area contributed by atoms with E-state index in [1.807, 2.05) is 0 Å². The average molecular weight is 542 g/mol. The summed E-state index contributed by atoms with van der Waals surface area (Å²) >= 11 is 3.85. The van der Waals surface area contributed by atoms with Crippen LogP contribution in [0.25, 0.3) is 0 Å². The first-order valence-electron chi connectivity index (χ1n) is 11.1. The summed E-state index contributed by atoms with van der Waals surface area (Å²) in [5.41, 5.74) is 11.4. The SMILES string of the molecule is NC(=O)CCC(N)C(=O)NC(Cc1ccc(O)cc1)C(=O)NC(CCC(=O)O)C(=O)NC(CS)C(=O)O. The molecule has 0 saturated heterocycles. The van der Waals surface area contributed by atoms with Crippen molar-refractivity contribution in [2.75, 3.05) is 5.75 Å². The number of amides is 4. The van der Waals surface area contributed by atoms with E-state index in [-0.39, 0.29) is 37.2 Å². The van der Waals surface area contributed by atoms with Crippen LogP contribution in [0.4, 0.5) is 0 Å². The lowest BCUT2D eigenvalue weighted by atomic mass is 10.0. The largest absolute Gasteiger partial charge is 0.508 e. The van der Waals surface area contributed by atoms with Gasteiger partial charge in [-0.3, -0.25) is 24.0 Å². The van der Waals surface area contributed by atoms with Gasteiger partial charge < -0.3 is 42.7 Å². The van der Waals surface area contributed by atoms with Crippen molar-refractivity contribution in [1.29, 1.82) is 0 Å². The van der Waals surface area contributed by atoms with E-state index in [0.717, 1.165) is 0 Å². The van der Waals surface area contributed by atoms with Crippen molar-refractivity contribution in [2.24, 2.45) is 11.5 Å². The number of hydrogen-bond donors (Lipinski definition) is 9. The van der Waals surface area contributed by atoms with Gasteiger partial charge in [0.25, 0.3) is 0 Å². The molecule has 204 valence electrons. The molecule has 0 saturated carbocycles. The molecule has 0 aromatic heterocycles. The van der Waals surface area contributed by atoms with Gasteiger partial charge in [-0.05, 0) is 30.5 Å². The number of primary amides is 1. The Labute approximate surface area is 217 Å². The third-order valence-electron chi connectivity index (χ3n) is 5.12. The van der Waals surface area contributed by atoms with E-state index in [0.29, 0.717) is 5.56 Å². The van der Waals surface area contributed by atoms with Crippen molar-refractivity contribution < 1.29 is 44.1 Å². The number of phenols is 1. The summed E-state index contributed by atoms with van der Waals surface area (Å²) in [5.74, 6) is -6.23. The standard InChI is InChI=1S/C22H31N5O9S/c23-13(5-7-17(24)29)19(32)26-15(9-11-1-3-12(28)4-2-11)21(34)25-14(6-8-18(30)31)20(33)27-16(10-37)22(35)36/h1-4,13-16,28,37H,5-10,23H2,(H2,24,29)(H,25,34)(H,26,32)(H,27,33)(H,30,31)(H,35,36). The molecule has 10 N–H and O–H groups in total. The smallest absolute Gasteiger partial charge is 0.327 e. The zero-order valence-corrected chi connectivity index (χ0v) is 20.6. The van der Waals surface area contributed by atoms with Gasteiger partial charge in [0.2, 0.25) is 23.6 Å². The number of carbonyl (C=O) groups is 6. The maximum absolute atomic E-state index is 13.1. The molecule has 1 aromatic carbocycles. The molecule has 4 atom stereocenters. The van der Waals surface area contributed by atoms with Gasteiger partial charge in [0.15, 0.2) is 0 Å². The van der Waals surface area contributed by atoms with Crippen LogP contribution < -0.4 is 27.4 Å². The van der Waals surface area contributed by atoms with Crippen LogP contribution in [0.5, 0.6) is 5.75 Å². The molecule has 0 spiro atoms. The zero-order chi connectivity index (χ0) is 28.1. The van der Waals surface area contributed by atoms with E-state index < -0.39 is 66.2 Å². The van der Waals surface area contributed by atoms with E-state index in [1.165, 1.54) is 24.3 Å². The predicted molar refractivity (Wildman–Crippen MR) is 132 cm³/mol. The second kappa shape index (κ2) is 15.3. The molecule has 0 bridgehead atoms. The number of rotatable bonds is 16. The normalized spacial score (nSPS) is 13.9. The fourth-order valence-electron chi connectivity index (χ4n) is 3.05. The molecule has 4 amide bonds. The quantitative estimate of drug-likeness (QED) is 0.103. The summed E-state index contributed by atoms with van der Waals surface area (Å²) in [5, 5.41) is 34.6. The first-order valence-corrected chi connectivity index (χ1v) is 11.8.